The van der Waals surface area contributed by atoms with Gasteiger partial charge in [-0.1, -0.05) is 0 Å². The van der Waals surface area contributed by atoms with Crippen LogP contribution < -0.4 is 10.5 Å². The highest BCUT2D eigenvalue weighted by Gasteiger charge is 2.26. The quantitative estimate of drug-likeness (QED) is 0.573. The smallest absolute Gasteiger partial charge is 0.292 e. The minimum atomic E-state index is -3.66. The van der Waals surface area contributed by atoms with Crippen molar-refractivity contribution in [3.05, 3.63) is 36.4 Å². The number of oxazole rings is 1. The van der Waals surface area contributed by atoms with E-state index in [0.717, 1.165) is 0 Å². The maximum Gasteiger partial charge on any atom is 0.292 e. The summed E-state index contributed by atoms with van der Waals surface area (Å²) in [4.78, 5) is 8.68. The Kier molecular flexibility index (Phi) is 3.84. The van der Waals surface area contributed by atoms with Crippen LogP contribution in [0.5, 0.6) is 5.75 Å². The molecule has 2 heterocycles. The number of benzene rings is 2. The predicted octanol–water partition coefficient (Wildman–Crippen LogP) is 3.02. The number of nitrogens with zero attached hydrogens (tertiary/aromatic N) is 3. The molecule has 0 radical (unpaired) electrons. The number of methoxy groups -OCH3 is 1. The molecule has 0 spiro atoms. The van der Waals surface area contributed by atoms with Gasteiger partial charge >= 0.3 is 0 Å². The largest absolute Gasteiger partial charge is 0.497 e. The van der Waals surface area contributed by atoms with Crippen LogP contribution in [-0.4, -0.2) is 34.7 Å². The lowest BCUT2D eigenvalue weighted by Gasteiger charge is -2.13. The molecule has 2 N–H and O–H groups in total. The molecule has 9 heteroatoms. The molecule has 4 rings (SSSR count). The predicted molar refractivity (Wildman–Crippen MR) is 103 cm³/mol. The van der Waals surface area contributed by atoms with E-state index in [9.17, 15) is 8.42 Å². The van der Waals surface area contributed by atoms with Crippen molar-refractivity contribution in [1.82, 2.24) is 13.9 Å². The average Bonchev–Trinajstić information content (AvgIpc) is 3.19. The minimum Gasteiger partial charge on any atom is -0.497 e. The zero-order valence-electron chi connectivity index (χ0n) is 15.0. The van der Waals surface area contributed by atoms with Gasteiger partial charge in [0.05, 0.1) is 23.4 Å². The molecule has 0 unspecified atom stereocenters. The van der Waals surface area contributed by atoms with Crippen molar-refractivity contribution in [1.29, 1.82) is 0 Å². The Morgan fingerprint density at radius 3 is 2.59 bits per heavy atom. The Morgan fingerprint density at radius 1 is 1.11 bits per heavy atom. The summed E-state index contributed by atoms with van der Waals surface area (Å²) < 4.78 is 37.9. The number of nitrogen functional groups attached to an aromatic ring is 1. The second-order valence-corrected chi connectivity index (χ2v) is 8.72. The van der Waals surface area contributed by atoms with Gasteiger partial charge in [-0.05, 0) is 44.2 Å². The third kappa shape index (κ3) is 2.71. The normalized spacial score (nSPS) is 12.3. The van der Waals surface area contributed by atoms with Crippen LogP contribution in [0, 0.1) is 0 Å². The van der Waals surface area contributed by atoms with Crippen molar-refractivity contribution in [3.63, 3.8) is 0 Å². The molecular weight excluding hydrogens is 368 g/mol. The Balaban J connectivity index is 2.05. The monoisotopic (exact) mass is 386 g/mol. The van der Waals surface area contributed by atoms with Gasteiger partial charge in [-0.3, -0.25) is 0 Å². The van der Waals surface area contributed by atoms with Gasteiger partial charge in [0.15, 0.2) is 11.4 Å². The van der Waals surface area contributed by atoms with Gasteiger partial charge in [-0.25, -0.2) is 17.4 Å². The molecule has 0 aliphatic rings. The van der Waals surface area contributed by atoms with E-state index in [1.165, 1.54) is 3.97 Å². The van der Waals surface area contributed by atoms with Crippen LogP contribution in [0.25, 0.3) is 33.5 Å². The van der Waals surface area contributed by atoms with Crippen LogP contribution in [0.2, 0.25) is 0 Å². The first-order valence-corrected chi connectivity index (χ1v) is 9.79. The number of ether oxygens (including phenoxy) is 1. The van der Waals surface area contributed by atoms with E-state index in [0.29, 0.717) is 39.3 Å². The van der Waals surface area contributed by atoms with Crippen molar-refractivity contribution in [2.45, 2.75) is 19.1 Å². The molecule has 0 aliphatic heterocycles. The van der Waals surface area contributed by atoms with Crippen molar-refractivity contribution in [3.8, 4) is 17.1 Å². The molecule has 140 valence electrons. The maximum absolute atomic E-state index is 13.1. The third-order valence-corrected chi connectivity index (χ3v) is 6.40. The number of imidazole rings is 1. The molecule has 0 bridgehead atoms. The number of nitrogens with two attached hydrogens (primary N) is 1. The molecule has 0 fully saturated rings. The topological polar surface area (TPSA) is 113 Å². The molecule has 2 aromatic carbocycles. The van der Waals surface area contributed by atoms with Crippen molar-refractivity contribution >= 4 is 38.2 Å². The van der Waals surface area contributed by atoms with Crippen LogP contribution >= 0.6 is 0 Å². The third-order valence-electron chi connectivity index (χ3n) is 4.33. The number of aromatic nitrogens is 3. The van der Waals surface area contributed by atoms with Crippen LogP contribution in [0.4, 0.5) is 6.01 Å². The Morgan fingerprint density at radius 2 is 1.89 bits per heavy atom. The van der Waals surface area contributed by atoms with E-state index in [-0.39, 0.29) is 6.01 Å². The van der Waals surface area contributed by atoms with Gasteiger partial charge < -0.3 is 14.9 Å². The molecule has 0 saturated carbocycles. The summed E-state index contributed by atoms with van der Waals surface area (Å²) in [6.07, 6.45) is 0. The molecule has 4 aromatic rings. The summed E-state index contributed by atoms with van der Waals surface area (Å²) in [5.74, 6) is 0.899. The van der Waals surface area contributed by atoms with Gasteiger partial charge in [0, 0.05) is 11.6 Å². The van der Waals surface area contributed by atoms with E-state index >= 15 is 0 Å². The van der Waals surface area contributed by atoms with Gasteiger partial charge in [0.2, 0.25) is 10.0 Å². The van der Waals surface area contributed by atoms with Gasteiger partial charge in [-0.2, -0.15) is 4.98 Å². The number of rotatable bonds is 4. The Labute approximate surface area is 155 Å². The highest BCUT2D eigenvalue weighted by molar-refractivity contribution is 7.90. The first kappa shape index (κ1) is 17.3. The van der Waals surface area contributed by atoms with Gasteiger partial charge in [0.25, 0.3) is 6.01 Å². The van der Waals surface area contributed by atoms with Gasteiger partial charge in [-0.15, -0.1) is 0 Å². The van der Waals surface area contributed by atoms with E-state index in [1.54, 1.807) is 57.4 Å². The molecule has 27 heavy (non-hydrogen) atoms. The zero-order chi connectivity index (χ0) is 19.3. The lowest BCUT2D eigenvalue weighted by molar-refractivity contribution is 0.415. The molecular formula is C18H18N4O4S. The van der Waals surface area contributed by atoms with Crippen LogP contribution in [0.1, 0.15) is 13.8 Å². The Bertz CT molecular complexity index is 1270. The molecule has 0 amide bonds. The molecule has 2 aromatic heterocycles. The van der Waals surface area contributed by atoms with E-state index in [1.807, 2.05) is 0 Å². The highest BCUT2D eigenvalue weighted by atomic mass is 32.2. The summed E-state index contributed by atoms with van der Waals surface area (Å²) in [6, 6.07) is 10.3. The molecule has 8 nitrogen and oxygen atoms in total. The van der Waals surface area contributed by atoms with Gasteiger partial charge in [0.1, 0.15) is 11.3 Å². The average molecular weight is 386 g/mol. The molecule has 0 atom stereocenters. The first-order valence-electron chi connectivity index (χ1n) is 8.28. The number of hydrogen-bond donors (Lipinski definition) is 1. The Hall–Kier alpha value is -3.07. The van der Waals surface area contributed by atoms with Crippen LogP contribution in [0.15, 0.2) is 40.8 Å². The number of hydrogen-bond acceptors (Lipinski definition) is 7. The summed E-state index contributed by atoms with van der Waals surface area (Å²) in [5.41, 5.74) is 8.25. The van der Waals surface area contributed by atoms with E-state index in [4.69, 9.17) is 14.9 Å². The van der Waals surface area contributed by atoms with Crippen LogP contribution in [-0.2, 0) is 10.0 Å². The first-order chi connectivity index (χ1) is 12.8. The second-order valence-electron chi connectivity index (χ2n) is 6.38. The fourth-order valence-corrected chi connectivity index (χ4v) is 4.14. The minimum absolute atomic E-state index is 0.0511. The SMILES string of the molecule is COc1ccc2c(c1)nc(-c1ccc3oc(N)nc3c1)n2S(=O)(=O)C(C)C. The lowest BCUT2D eigenvalue weighted by Crippen LogP contribution is -2.23. The second kappa shape index (κ2) is 5.98. The maximum atomic E-state index is 13.1. The number of fused-ring (bicyclic) bond motifs is 2. The van der Waals surface area contributed by atoms with Crippen molar-refractivity contribution in [2.75, 3.05) is 12.8 Å². The van der Waals surface area contributed by atoms with E-state index < -0.39 is 15.3 Å². The summed E-state index contributed by atoms with van der Waals surface area (Å²) in [5, 5.41) is -0.623. The standard InChI is InChI=1S/C18H18N4O4S/c1-10(2)27(23,24)22-15-6-5-12(25-3)9-13(15)20-17(22)11-4-7-16-14(8-11)21-18(19)26-16/h4-10H,1-3H3,(H2,19,21). The zero-order valence-corrected chi connectivity index (χ0v) is 15.8. The summed E-state index contributed by atoms with van der Waals surface area (Å²) >= 11 is 0. The molecule has 0 aliphatic carbocycles. The van der Waals surface area contributed by atoms with E-state index in [2.05, 4.69) is 9.97 Å². The highest BCUT2D eigenvalue weighted by Crippen LogP contribution is 2.32. The van der Waals surface area contributed by atoms with Crippen molar-refractivity contribution in [2.24, 2.45) is 0 Å². The van der Waals surface area contributed by atoms with Crippen LogP contribution in [0.3, 0.4) is 0 Å². The molecule has 0 saturated heterocycles. The number of anilines is 1. The fraction of sp³-hybridized carbons (Fsp3) is 0.222. The summed E-state index contributed by atoms with van der Waals surface area (Å²) in [7, 11) is -2.11. The van der Waals surface area contributed by atoms with Crippen molar-refractivity contribution < 1.29 is 17.6 Å². The fourth-order valence-electron chi connectivity index (χ4n) is 2.90. The summed E-state index contributed by atoms with van der Waals surface area (Å²) in [6.45, 7) is 3.27. The lowest BCUT2D eigenvalue weighted by atomic mass is 10.2.